The quantitative estimate of drug-likeness (QED) is 0.0540. The smallest absolute Gasteiger partial charge is 0.255 e. The SMILES string of the molecule is CC(C)(O)CCNC(=O)c1cnc(-n2ccc3cc(Cl)cnc32)cc1NC1CCOC(c2cc3cc(Cl)cnc3n2-c2cc(NCC(C)(C)O)c(C(=O)NC[C@@H](F)C(C)(C)O)cn2)C1. The van der Waals surface area contributed by atoms with E-state index in [0.29, 0.717) is 86.9 Å². The van der Waals surface area contributed by atoms with E-state index < -0.39 is 41.5 Å². The topological polar surface area (TPSA) is 214 Å². The Bertz CT molecular complexity index is 2670. The van der Waals surface area contributed by atoms with Gasteiger partial charge < -0.3 is 41.3 Å². The number of alkyl halides is 1. The van der Waals surface area contributed by atoms with Crippen LogP contribution in [0, 0.1) is 0 Å². The number of carbonyl (C=O) groups excluding carboxylic acids is 2. The van der Waals surface area contributed by atoms with Gasteiger partial charge >= 0.3 is 0 Å². The number of anilines is 2. The Morgan fingerprint density at radius 2 is 1.47 bits per heavy atom. The van der Waals surface area contributed by atoms with Gasteiger partial charge in [0.15, 0.2) is 0 Å². The van der Waals surface area contributed by atoms with Gasteiger partial charge in [-0.3, -0.25) is 18.7 Å². The number of rotatable bonds is 16. The molecule has 6 aromatic heterocycles. The van der Waals surface area contributed by atoms with E-state index >= 15 is 0 Å². The summed E-state index contributed by atoms with van der Waals surface area (Å²) < 4.78 is 24.8. The molecule has 0 bridgehead atoms. The molecule has 19 heteroatoms. The second-order valence-corrected chi connectivity index (χ2v) is 18.8. The van der Waals surface area contributed by atoms with Gasteiger partial charge in [0, 0.05) is 79.6 Å². The number of amides is 2. The number of halogens is 3. The first-order valence-electron chi connectivity index (χ1n) is 20.9. The first-order chi connectivity index (χ1) is 30.1. The van der Waals surface area contributed by atoms with Gasteiger partial charge in [0.25, 0.3) is 11.8 Å². The molecule has 0 aromatic carbocycles. The molecular weight excluding hydrogens is 866 g/mol. The molecule has 7 heterocycles. The summed E-state index contributed by atoms with van der Waals surface area (Å²) in [7, 11) is 0. The molecule has 2 unspecified atom stereocenters. The molecular formula is C45H53Cl2FN10O6. The number of pyridine rings is 4. The predicted octanol–water partition coefficient (Wildman–Crippen LogP) is 6.71. The number of fused-ring (bicyclic) bond motifs is 2. The van der Waals surface area contributed by atoms with Crippen LogP contribution in [0.15, 0.2) is 67.4 Å². The third-order valence-corrected chi connectivity index (χ3v) is 11.2. The summed E-state index contributed by atoms with van der Waals surface area (Å²) in [4.78, 5) is 45.7. The standard InChI is InChI=1S/C45H53Cl2FN10O6/c1-43(2,61)9-10-49-41(59)31-22-50-37(57-11-7-25-13-27(46)19-52-39(25)57)18-33(31)56-29-8-12-64-35(16-29)34-15-26-14-28(47)20-53-40(26)58(34)38-17-32(55-24-44(3,4)62)30(21-51-38)42(60)54-23-36(48)45(5,6)63/h7,11,13-15,17-22,29,35-36,61-63H,8-10,12,16,23-24H2,1-6H3,(H,49,59)(H,50,56)(H,51,55)(H,54,60)/t29?,35?,36-/m1/s1. The second-order valence-electron chi connectivity index (χ2n) is 17.9. The molecule has 2 amide bonds. The van der Waals surface area contributed by atoms with E-state index in [-0.39, 0.29) is 30.6 Å². The minimum atomic E-state index is -1.73. The zero-order valence-corrected chi connectivity index (χ0v) is 37.9. The molecule has 1 aliphatic heterocycles. The predicted molar refractivity (Wildman–Crippen MR) is 245 cm³/mol. The van der Waals surface area contributed by atoms with Crippen LogP contribution in [-0.2, 0) is 4.74 Å². The first kappa shape index (κ1) is 46.6. The van der Waals surface area contributed by atoms with E-state index in [2.05, 4.69) is 36.2 Å². The maximum atomic E-state index is 14.7. The fourth-order valence-corrected chi connectivity index (χ4v) is 7.62. The van der Waals surface area contributed by atoms with Crippen molar-refractivity contribution in [2.24, 2.45) is 0 Å². The maximum Gasteiger partial charge on any atom is 0.255 e. The van der Waals surface area contributed by atoms with E-state index in [4.69, 9.17) is 32.9 Å². The van der Waals surface area contributed by atoms with Crippen LogP contribution >= 0.6 is 23.2 Å². The fraction of sp³-hybridized carbons (Fsp3) is 0.422. The normalized spacial score (nSPS) is 16.5. The summed E-state index contributed by atoms with van der Waals surface area (Å²) in [6.07, 6.45) is 6.90. The molecule has 6 aromatic rings. The summed E-state index contributed by atoms with van der Waals surface area (Å²) in [5.41, 5.74) is -0.738. The van der Waals surface area contributed by atoms with Gasteiger partial charge in [0.05, 0.1) is 67.7 Å². The lowest BCUT2D eigenvalue weighted by molar-refractivity contribution is -0.00179. The van der Waals surface area contributed by atoms with Crippen LogP contribution < -0.4 is 21.3 Å². The molecule has 7 N–H and O–H groups in total. The van der Waals surface area contributed by atoms with Crippen molar-refractivity contribution in [1.82, 2.24) is 39.7 Å². The Labute approximate surface area is 379 Å². The molecule has 3 atom stereocenters. The highest BCUT2D eigenvalue weighted by Crippen LogP contribution is 2.37. The number of aliphatic hydroxyl groups is 3. The van der Waals surface area contributed by atoms with Crippen LogP contribution in [0.2, 0.25) is 10.0 Å². The zero-order chi connectivity index (χ0) is 46.1. The number of carbonyl (C=O) groups is 2. The third kappa shape index (κ3) is 11.1. The molecule has 0 radical (unpaired) electrons. The van der Waals surface area contributed by atoms with Crippen molar-refractivity contribution in [3.8, 4) is 11.6 Å². The molecule has 0 aliphatic carbocycles. The fourth-order valence-electron chi connectivity index (χ4n) is 7.29. The monoisotopic (exact) mass is 918 g/mol. The highest BCUT2D eigenvalue weighted by Gasteiger charge is 2.31. The molecule has 7 rings (SSSR count). The van der Waals surface area contributed by atoms with Crippen molar-refractivity contribution in [1.29, 1.82) is 0 Å². The Kier molecular flexibility index (Phi) is 13.5. The third-order valence-electron chi connectivity index (χ3n) is 10.8. The molecule has 340 valence electrons. The molecule has 1 saturated heterocycles. The number of hydrogen-bond donors (Lipinski definition) is 7. The summed E-state index contributed by atoms with van der Waals surface area (Å²) in [6.45, 7) is 9.44. The Balaban J connectivity index is 1.23. The van der Waals surface area contributed by atoms with Crippen molar-refractivity contribution in [2.75, 3.05) is 36.9 Å². The lowest BCUT2D eigenvalue weighted by atomic mass is 9.99. The largest absolute Gasteiger partial charge is 0.390 e. The van der Waals surface area contributed by atoms with Crippen molar-refractivity contribution in [3.05, 3.63) is 94.2 Å². The molecule has 0 spiro atoms. The van der Waals surface area contributed by atoms with Crippen LogP contribution in [0.4, 0.5) is 15.8 Å². The van der Waals surface area contributed by atoms with Crippen molar-refractivity contribution >= 4 is 68.5 Å². The maximum absolute atomic E-state index is 14.7. The number of hydrogen-bond acceptors (Lipinski definition) is 12. The van der Waals surface area contributed by atoms with Crippen molar-refractivity contribution in [2.45, 2.75) is 95.9 Å². The minimum absolute atomic E-state index is 0.0555. The number of nitrogens with zero attached hydrogens (tertiary/aromatic N) is 6. The van der Waals surface area contributed by atoms with E-state index in [0.717, 1.165) is 5.39 Å². The number of nitrogens with one attached hydrogen (secondary N) is 4. The summed E-state index contributed by atoms with van der Waals surface area (Å²) in [6, 6.07) is 10.6. The summed E-state index contributed by atoms with van der Waals surface area (Å²) in [5.74, 6) is -0.109. The Morgan fingerprint density at radius 3 is 2.16 bits per heavy atom. The van der Waals surface area contributed by atoms with Gasteiger partial charge in [-0.05, 0) is 85.1 Å². The lowest BCUT2D eigenvalue weighted by Gasteiger charge is -2.32. The van der Waals surface area contributed by atoms with Crippen LogP contribution in [0.3, 0.4) is 0 Å². The minimum Gasteiger partial charge on any atom is -0.390 e. The van der Waals surface area contributed by atoms with Gasteiger partial charge in [0.1, 0.15) is 29.1 Å². The van der Waals surface area contributed by atoms with E-state index in [1.807, 2.05) is 33.5 Å². The van der Waals surface area contributed by atoms with E-state index in [1.54, 1.807) is 52.1 Å². The highest BCUT2D eigenvalue weighted by molar-refractivity contribution is 6.31. The average Bonchev–Trinajstić information content (AvgIpc) is 3.82. The molecule has 1 fully saturated rings. The van der Waals surface area contributed by atoms with Gasteiger partial charge in [-0.15, -0.1) is 0 Å². The Morgan fingerprint density at radius 1 is 0.828 bits per heavy atom. The molecule has 1 aliphatic rings. The Hall–Kier alpha value is -5.43. The molecule has 0 saturated carbocycles. The van der Waals surface area contributed by atoms with Crippen LogP contribution in [0.1, 0.15) is 93.3 Å². The number of ether oxygens (including phenoxy) is 1. The second kappa shape index (κ2) is 18.6. The molecule has 16 nitrogen and oxygen atoms in total. The summed E-state index contributed by atoms with van der Waals surface area (Å²) >= 11 is 12.7. The van der Waals surface area contributed by atoms with E-state index in [1.165, 1.54) is 32.4 Å². The summed E-state index contributed by atoms with van der Waals surface area (Å²) in [5, 5.41) is 45.7. The van der Waals surface area contributed by atoms with E-state index in [9.17, 15) is 29.3 Å². The number of aromatic nitrogens is 6. The van der Waals surface area contributed by atoms with Gasteiger partial charge in [-0.1, -0.05) is 23.2 Å². The first-order valence-corrected chi connectivity index (χ1v) is 21.7. The van der Waals surface area contributed by atoms with Crippen molar-refractivity contribution < 1.29 is 34.0 Å². The zero-order valence-electron chi connectivity index (χ0n) is 36.4. The molecule has 64 heavy (non-hydrogen) atoms. The van der Waals surface area contributed by atoms with Gasteiger partial charge in [-0.2, -0.15) is 0 Å². The van der Waals surface area contributed by atoms with Gasteiger partial charge in [-0.25, -0.2) is 24.3 Å². The highest BCUT2D eigenvalue weighted by atomic mass is 35.5. The van der Waals surface area contributed by atoms with Crippen LogP contribution in [0.25, 0.3) is 33.7 Å². The van der Waals surface area contributed by atoms with Crippen molar-refractivity contribution in [3.63, 3.8) is 0 Å². The average molecular weight is 920 g/mol. The van der Waals surface area contributed by atoms with Gasteiger partial charge in [0.2, 0.25) is 0 Å². The lowest BCUT2D eigenvalue weighted by Crippen LogP contribution is -2.42. The van der Waals surface area contributed by atoms with Crippen LogP contribution in [-0.4, -0.2) is 111 Å². The van der Waals surface area contributed by atoms with Crippen LogP contribution in [0.5, 0.6) is 0 Å².